The number of rotatable bonds is 7. The van der Waals surface area contributed by atoms with Crippen LogP contribution >= 0.6 is 0 Å². The number of hydrogen-bond acceptors (Lipinski definition) is 3. The summed E-state index contributed by atoms with van der Waals surface area (Å²) in [6.07, 6.45) is 1.64. The SMILES string of the molecule is COc1ccc(CCN(C)CCC(=N)N)cc1. The first-order valence-electron chi connectivity index (χ1n) is 5.76. The first-order chi connectivity index (χ1) is 8.11. The van der Waals surface area contributed by atoms with Crippen LogP contribution in [0.2, 0.25) is 0 Å². The number of likely N-dealkylation sites (N-methyl/N-ethyl adjacent to an activating group) is 1. The Balaban J connectivity index is 2.31. The second-order valence-electron chi connectivity index (χ2n) is 4.18. The molecule has 0 aliphatic rings. The number of nitrogens with two attached hydrogens (primary N) is 1. The van der Waals surface area contributed by atoms with E-state index >= 15 is 0 Å². The molecule has 0 saturated heterocycles. The van der Waals surface area contributed by atoms with Gasteiger partial charge in [-0.05, 0) is 31.2 Å². The maximum absolute atomic E-state index is 7.17. The minimum absolute atomic E-state index is 0.251. The van der Waals surface area contributed by atoms with E-state index in [-0.39, 0.29) is 5.84 Å². The predicted molar refractivity (Wildman–Crippen MR) is 70.7 cm³/mol. The molecule has 94 valence electrons. The van der Waals surface area contributed by atoms with Gasteiger partial charge in [0.15, 0.2) is 0 Å². The summed E-state index contributed by atoms with van der Waals surface area (Å²) in [5, 5.41) is 7.17. The summed E-state index contributed by atoms with van der Waals surface area (Å²) in [6, 6.07) is 8.12. The summed E-state index contributed by atoms with van der Waals surface area (Å²) < 4.78 is 5.11. The third kappa shape index (κ3) is 5.36. The van der Waals surface area contributed by atoms with Crippen molar-refractivity contribution in [3.05, 3.63) is 29.8 Å². The van der Waals surface area contributed by atoms with E-state index in [1.54, 1.807) is 7.11 Å². The first-order valence-corrected chi connectivity index (χ1v) is 5.76. The van der Waals surface area contributed by atoms with Crippen LogP contribution < -0.4 is 10.5 Å². The van der Waals surface area contributed by atoms with Gasteiger partial charge in [0.05, 0.1) is 12.9 Å². The minimum Gasteiger partial charge on any atom is -0.497 e. The molecule has 4 nitrogen and oxygen atoms in total. The Hall–Kier alpha value is -1.55. The van der Waals surface area contributed by atoms with Crippen LogP contribution in [-0.4, -0.2) is 38.0 Å². The Morgan fingerprint density at radius 1 is 1.29 bits per heavy atom. The molecule has 0 bridgehead atoms. The Bertz CT molecular complexity index is 348. The molecule has 1 aromatic carbocycles. The zero-order valence-corrected chi connectivity index (χ0v) is 10.6. The monoisotopic (exact) mass is 235 g/mol. The highest BCUT2D eigenvalue weighted by Crippen LogP contribution is 2.11. The van der Waals surface area contributed by atoms with Gasteiger partial charge in [-0.25, -0.2) is 0 Å². The van der Waals surface area contributed by atoms with Crippen molar-refractivity contribution >= 4 is 5.84 Å². The van der Waals surface area contributed by atoms with Crippen molar-refractivity contribution in [2.45, 2.75) is 12.8 Å². The molecule has 1 rings (SSSR count). The standard InChI is InChI=1S/C13H21N3O/c1-16(10-8-13(14)15)9-7-11-3-5-12(17-2)6-4-11/h3-6H,7-10H2,1-2H3,(H3,14,15). The van der Waals surface area contributed by atoms with E-state index in [2.05, 4.69) is 17.0 Å². The summed E-state index contributed by atoms with van der Waals surface area (Å²) in [5.74, 6) is 1.14. The topological polar surface area (TPSA) is 62.3 Å². The lowest BCUT2D eigenvalue weighted by Gasteiger charge is -2.16. The normalized spacial score (nSPS) is 10.5. The molecule has 0 unspecified atom stereocenters. The highest BCUT2D eigenvalue weighted by Gasteiger charge is 2.00. The highest BCUT2D eigenvalue weighted by atomic mass is 16.5. The van der Waals surface area contributed by atoms with E-state index in [4.69, 9.17) is 15.9 Å². The van der Waals surface area contributed by atoms with Gasteiger partial charge >= 0.3 is 0 Å². The molecule has 0 radical (unpaired) electrons. The smallest absolute Gasteiger partial charge is 0.118 e. The van der Waals surface area contributed by atoms with Gasteiger partial charge in [0.1, 0.15) is 5.75 Å². The lowest BCUT2D eigenvalue weighted by molar-refractivity contribution is 0.348. The van der Waals surface area contributed by atoms with Gasteiger partial charge in [0.25, 0.3) is 0 Å². The fraction of sp³-hybridized carbons (Fsp3) is 0.462. The van der Waals surface area contributed by atoms with Crippen molar-refractivity contribution in [1.82, 2.24) is 4.90 Å². The lowest BCUT2D eigenvalue weighted by atomic mass is 10.1. The zero-order chi connectivity index (χ0) is 12.7. The van der Waals surface area contributed by atoms with E-state index in [0.29, 0.717) is 6.42 Å². The minimum atomic E-state index is 0.251. The first kappa shape index (κ1) is 13.5. The average Bonchev–Trinajstić information content (AvgIpc) is 2.34. The van der Waals surface area contributed by atoms with Crippen LogP contribution in [-0.2, 0) is 6.42 Å². The van der Waals surface area contributed by atoms with Crippen LogP contribution in [0, 0.1) is 5.41 Å². The summed E-state index contributed by atoms with van der Waals surface area (Å²) in [5.41, 5.74) is 6.61. The van der Waals surface area contributed by atoms with Crippen molar-refractivity contribution in [2.75, 3.05) is 27.2 Å². The molecule has 1 aromatic rings. The number of nitrogens with zero attached hydrogens (tertiary/aromatic N) is 1. The molecule has 0 aliphatic heterocycles. The van der Waals surface area contributed by atoms with Crippen molar-refractivity contribution in [3.63, 3.8) is 0 Å². The maximum atomic E-state index is 7.17. The van der Waals surface area contributed by atoms with Gasteiger partial charge < -0.3 is 15.4 Å². The number of ether oxygens (including phenoxy) is 1. The summed E-state index contributed by atoms with van der Waals surface area (Å²) in [7, 11) is 3.72. The molecule has 4 heteroatoms. The lowest BCUT2D eigenvalue weighted by Crippen LogP contribution is -2.26. The van der Waals surface area contributed by atoms with Crippen molar-refractivity contribution in [2.24, 2.45) is 5.73 Å². The van der Waals surface area contributed by atoms with Crippen LogP contribution in [0.3, 0.4) is 0 Å². The Morgan fingerprint density at radius 2 is 1.94 bits per heavy atom. The van der Waals surface area contributed by atoms with Crippen molar-refractivity contribution in [1.29, 1.82) is 5.41 Å². The van der Waals surface area contributed by atoms with Gasteiger partial charge in [-0.2, -0.15) is 0 Å². The van der Waals surface area contributed by atoms with Gasteiger partial charge in [-0.1, -0.05) is 12.1 Å². The van der Waals surface area contributed by atoms with E-state index in [1.807, 2.05) is 19.2 Å². The molecular weight excluding hydrogens is 214 g/mol. The van der Waals surface area contributed by atoms with Crippen LogP contribution in [0.15, 0.2) is 24.3 Å². The summed E-state index contributed by atoms with van der Waals surface area (Å²) in [6.45, 7) is 1.81. The molecule has 0 atom stereocenters. The molecule has 0 saturated carbocycles. The molecule has 0 fully saturated rings. The van der Waals surface area contributed by atoms with E-state index in [0.717, 1.165) is 25.3 Å². The van der Waals surface area contributed by atoms with Crippen LogP contribution in [0.5, 0.6) is 5.75 Å². The van der Waals surface area contributed by atoms with Gasteiger partial charge in [0.2, 0.25) is 0 Å². The second-order valence-corrected chi connectivity index (χ2v) is 4.18. The zero-order valence-electron chi connectivity index (χ0n) is 10.6. The number of methoxy groups -OCH3 is 1. The second kappa shape index (κ2) is 6.91. The number of nitrogens with one attached hydrogen (secondary N) is 1. The van der Waals surface area contributed by atoms with Crippen molar-refractivity contribution < 1.29 is 4.74 Å². The fourth-order valence-electron chi connectivity index (χ4n) is 1.54. The maximum Gasteiger partial charge on any atom is 0.118 e. The van der Waals surface area contributed by atoms with Gasteiger partial charge in [-0.3, -0.25) is 5.41 Å². The van der Waals surface area contributed by atoms with Gasteiger partial charge in [-0.15, -0.1) is 0 Å². The average molecular weight is 235 g/mol. The molecule has 0 amide bonds. The number of benzene rings is 1. The Labute approximate surface area is 103 Å². The molecule has 3 N–H and O–H groups in total. The Kier molecular flexibility index (Phi) is 5.49. The summed E-state index contributed by atoms with van der Waals surface area (Å²) in [4.78, 5) is 2.19. The quantitative estimate of drug-likeness (QED) is 0.556. The Morgan fingerprint density at radius 3 is 2.47 bits per heavy atom. The third-order valence-electron chi connectivity index (χ3n) is 2.70. The van der Waals surface area contributed by atoms with Gasteiger partial charge in [0, 0.05) is 19.5 Å². The highest BCUT2D eigenvalue weighted by molar-refractivity contribution is 5.76. The fourth-order valence-corrected chi connectivity index (χ4v) is 1.54. The molecular formula is C13H21N3O. The third-order valence-corrected chi connectivity index (χ3v) is 2.70. The van der Waals surface area contributed by atoms with E-state index in [9.17, 15) is 0 Å². The molecule has 0 spiro atoms. The molecule has 0 aliphatic carbocycles. The van der Waals surface area contributed by atoms with Crippen LogP contribution in [0.4, 0.5) is 0 Å². The number of hydrogen-bond donors (Lipinski definition) is 2. The summed E-state index contributed by atoms with van der Waals surface area (Å²) >= 11 is 0. The van der Waals surface area contributed by atoms with Crippen LogP contribution in [0.1, 0.15) is 12.0 Å². The molecule has 17 heavy (non-hydrogen) atoms. The number of amidine groups is 1. The van der Waals surface area contributed by atoms with Crippen LogP contribution in [0.25, 0.3) is 0 Å². The van der Waals surface area contributed by atoms with E-state index < -0.39 is 0 Å². The molecule has 0 aromatic heterocycles. The largest absolute Gasteiger partial charge is 0.497 e. The van der Waals surface area contributed by atoms with E-state index in [1.165, 1.54) is 5.56 Å². The molecule has 0 heterocycles. The van der Waals surface area contributed by atoms with Crippen molar-refractivity contribution in [3.8, 4) is 5.75 Å². The predicted octanol–water partition coefficient (Wildman–Crippen LogP) is 1.50.